The first-order valence-corrected chi connectivity index (χ1v) is 5.95. The molecule has 0 N–H and O–H groups in total. The molecule has 0 amide bonds. The quantitative estimate of drug-likeness (QED) is 0.758. The fraction of sp³-hybridized carbons (Fsp3) is 0.500. The molecule has 2 atom stereocenters. The van der Waals surface area contributed by atoms with E-state index in [4.69, 9.17) is 4.74 Å². The number of carbonyl (C=O) groups is 1. The van der Waals surface area contributed by atoms with Gasteiger partial charge in [0.1, 0.15) is 11.5 Å². The first kappa shape index (κ1) is 11.2. The van der Waals surface area contributed by atoms with Crippen LogP contribution in [0.1, 0.15) is 38.2 Å². The second kappa shape index (κ2) is 4.69. The zero-order chi connectivity index (χ0) is 11.5. The van der Waals surface area contributed by atoms with Crippen LogP contribution in [0.5, 0.6) is 5.75 Å². The summed E-state index contributed by atoms with van der Waals surface area (Å²) in [6.45, 7) is 4.54. The second-order valence-corrected chi connectivity index (χ2v) is 4.48. The van der Waals surface area contributed by atoms with Gasteiger partial charge in [0, 0.05) is 5.92 Å². The highest BCUT2D eigenvalue weighted by Gasteiger charge is 2.41. The lowest BCUT2D eigenvalue weighted by atomic mass is 10.1. The highest BCUT2D eigenvalue weighted by molar-refractivity contribution is 5.82. The zero-order valence-corrected chi connectivity index (χ0v) is 9.90. The van der Waals surface area contributed by atoms with Crippen LogP contribution in [0.4, 0.5) is 0 Å². The molecule has 0 aliphatic heterocycles. The summed E-state index contributed by atoms with van der Waals surface area (Å²) in [4.78, 5) is 11.2. The van der Waals surface area contributed by atoms with Crippen LogP contribution in [0.15, 0.2) is 24.3 Å². The number of hydrogen-bond acceptors (Lipinski definition) is 2. The lowest BCUT2D eigenvalue weighted by Gasteiger charge is -2.05. The van der Waals surface area contributed by atoms with Gasteiger partial charge in [-0.2, -0.15) is 0 Å². The van der Waals surface area contributed by atoms with E-state index in [9.17, 15) is 4.79 Å². The molecular weight excluding hydrogens is 200 g/mol. The number of rotatable bonds is 5. The Bertz CT molecular complexity index is 367. The SMILES string of the molecule is CCCOc1ccc(C2CC2C(C)=O)cc1. The summed E-state index contributed by atoms with van der Waals surface area (Å²) in [6.07, 6.45) is 2.04. The topological polar surface area (TPSA) is 26.3 Å². The van der Waals surface area contributed by atoms with E-state index < -0.39 is 0 Å². The highest BCUT2D eigenvalue weighted by atomic mass is 16.5. The molecule has 1 aliphatic carbocycles. The highest BCUT2D eigenvalue weighted by Crippen LogP contribution is 2.48. The normalized spacial score (nSPS) is 22.9. The molecule has 0 spiro atoms. The van der Waals surface area contributed by atoms with Gasteiger partial charge >= 0.3 is 0 Å². The average molecular weight is 218 g/mol. The van der Waals surface area contributed by atoms with E-state index in [-0.39, 0.29) is 5.92 Å². The van der Waals surface area contributed by atoms with E-state index >= 15 is 0 Å². The summed E-state index contributed by atoms with van der Waals surface area (Å²) in [7, 11) is 0. The Hall–Kier alpha value is -1.31. The Kier molecular flexibility index (Phi) is 3.28. The summed E-state index contributed by atoms with van der Waals surface area (Å²) in [6, 6.07) is 8.16. The Labute approximate surface area is 96.6 Å². The van der Waals surface area contributed by atoms with E-state index in [0.29, 0.717) is 11.7 Å². The predicted molar refractivity (Wildman–Crippen MR) is 63.8 cm³/mol. The van der Waals surface area contributed by atoms with E-state index in [0.717, 1.165) is 25.2 Å². The largest absolute Gasteiger partial charge is 0.494 e. The molecule has 2 nitrogen and oxygen atoms in total. The van der Waals surface area contributed by atoms with E-state index in [1.165, 1.54) is 5.56 Å². The number of Topliss-reactive ketones (excluding diaryl/α,β-unsaturated/α-hetero) is 1. The fourth-order valence-corrected chi connectivity index (χ4v) is 2.04. The molecule has 2 unspecified atom stereocenters. The maximum Gasteiger partial charge on any atom is 0.133 e. The zero-order valence-electron chi connectivity index (χ0n) is 9.90. The molecule has 1 fully saturated rings. The summed E-state index contributed by atoms with van der Waals surface area (Å²) in [5, 5.41) is 0. The summed E-state index contributed by atoms with van der Waals surface area (Å²) >= 11 is 0. The van der Waals surface area contributed by atoms with Gasteiger partial charge in [-0.15, -0.1) is 0 Å². The number of ether oxygens (including phenoxy) is 1. The Morgan fingerprint density at radius 3 is 2.56 bits per heavy atom. The molecule has 2 rings (SSSR count). The molecule has 0 radical (unpaired) electrons. The molecule has 1 aromatic carbocycles. The average Bonchev–Trinajstić information content (AvgIpc) is 3.07. The lowest BCUT2D eigenvalue weighted by Crippen LogP contribution is -1.96. The van der Waals surface area contributed by atoms with Crippen molar-refractivity contribution in [1.29, 1.82) is 0 Å². The number of ketones is 1. The molecule has 2 heteroatoms. The van der Waals surface area contributed by atoms with Crippen molar-refractivity contribution in [3.63, 3.8) is 0 Å². The van der Waals surface area contributed by atoms with E-state index in [1.807, 2.05) is 12.1 Å². The minimum atomic E-state index is 0.266. The van der Waals surface area contributed by atoms with Gasteiger partial charge in [0.15, 0.2) is 0 Å². The van der Waals surface area contributed by atoms with Crippen molar-refractivity contribution in [2.24, 2.45) is 5.92 Å². The molecular formula is C14H18O2. The van der Waals surface area contributed by atoms with Crippen LogP contribution in [0.3, 0.4) is 0 Å². The van der Waals surface area contributed by atoms with Crippen LogP contribution in [-0.2, 0) is 4.79 Å². The van der Waals surface area contributed by atoms with Crippen molar-refractivity contribution in [3.8, 4) is 5.75 Å². The fourth-order valence-electron chi connectivity index (χ4n) is 2.04. The summed E-state index contributed by atoms with van der Waals surface area (Å²) in [5.74, 6) is 1.96. The first-order valence-electron chi connectivity index (χ1n) is 5.95. The maximum atomic E-state index is 11.2. The standard InChI is InChI=1S/C14H18O2/c1-3-8-16-12-6-4-11(5-7-12)14-9-13(14)10(2)15/h4-7,13-14H,3,8-9H2,1-2H3. The van der Waals surface area contributed by atoms with Gasteiger partial charge in [0.25, 0.3) is 0 Å². The third-order valence-corrected chi connectivity index (χ3v) is 3.09. The van der Waals surface area contributed by atoms with Gasteiger partial charge in [0.2, 0.25) is 0 Å². The Morgan fingerprint density at radius 2 is 2.06 bits per heavy atom. The van der Waals surface area contributed by atoms with Crippen molar-refractivity contribution in [2.75, 3.05) is 6.61 Å². The summed E-state index contributed by atoms with van der Waals surface area (Å²) < 4.78 is 5.52. The molecule has 86 valence electrons. The van der Waals surface area contributed by atoms with Gasteiger partial charge in [-0.05, 0) is 43.4 Å². The molecule has 0 saturated heterocycles. The van der Waals surface area contributed by atoms with Gasteiger partial charge in [-0.25, -0.2) is 0 Å². The van der Waals surface area contributed by atoms with E-state index in [1.54, 1.807) is 6.92 Å². The first-order chi connectivity index (χ1) is 7.72. The van der Waals surface area contributed by atoms with Crippen molar-refractivity contribution < 1.29 is 9.53 Å². The molecule has 0 aromatic heterocycles. The van der Waals surface area contributed by atoms with Gasteiger partial charge < -0.3 is 4.74 Å². The van der Waals surface area contributed by atoms with Crippen LogP contribution in [0.25, 0.3) is 0 Å². The molecule has 1 saturated carbocycles. The lowest BCUT2D eigenvalue weighted by molar-refractivity contribution is -0.118. The Morgan fingerprint density at radius 1 is 1.38 bits per heavy atom. The van der Waals surface area contributed by atoms with Gasteiger partial charge in [-0.1, -0.05) is 19.1 Å². The molecule has 1 aromatic rings. The number of carbonyl (C=O) groups excluding carboxylic acids is 1. The predicted octanol–water partition coefficient (Wildman–Crippen LogP) is 3.17. The van der Waals surface area contributed by atoms with Crippen LogP contribution >= 0.6 is 0 Å². The third kappa shape index (κ3) is 2.43. The van der Waals surface area contributed by atoms with Crippen LogP contribution < -0.4 is 4.74 Å². The van der Waals surface area contributed by atoms with Crippen LogP contribution in [0.2, 0.25) is 0 Å². The van der Waals surface area contributed by atoms with E-state index in [2.05, 4.69) is 19.1 Å². The van der Waals surface area contributed by atoms with Crippen molar-refractivity contribution in [1.82, 2.24) is 0 Å². The second-order valence-electron chi connectivity index (χ2n) is 4.48. The Balaban J connectivity index is 1.95. The van der Waals surface area contributed by atoms with Crippen molar-refractivity contribution in [2.45, 2.75) is 32.6 Å². The monoisotopic (exact) mass is 218 g/mol. The third-order valence-electron chi connectivity index (χ3n) is 3.09. The van der Waals surface area contributed by atoms with Crippen LogP contribution in [-0.4, -0.2) is 12.4 Å². The van der Waals surface area contributed by atoms with Crippen molar-refractivity contribution >= 4 is 5.78 Å². The molecule has 1 aliphatic rings. The van der Waals surface area contributed by atoms with Crippen molar-refractivity contribution in [3.05, 3.63) is 29.8 Å². The molecule has 0 heterocycles. The van der Waals surface area contributed by atoms with Gasteiger partial charge in [-0.3, -0.25) is 4.79 Å². The van der Waals surface area contributed by atoms with Gasteiger partial charge in [0.05, 0.1) is 6.61 Å². The summed E-state index contributed by atoms with van der Waals surface area (Å²) in [5.41, 5.74) is 1.27. The molecule has 0 bridgehead atoms. The molecule has 16 heavy (non-hydrogen) atoms. The smallest absolute Gasteiger partial charge is 0.133 e. The maximum absolute atomic E-state index is 11.2. The minimum Gasteiger partial charge on any atom is -0.494 e. The number of hydrogen-bond donors (Lipinski definition) is 0. The van der Waals surface area contributed by atoms with Crippen LogP contribution in [0, 0.1) is 5.92 Å². The minimum absolute atomic E-state index is 0.266. The number of benzene rings is 1.